The van der Waals surface area contributed by atoms with Gasteiger partial charge in [0.05, 0.1) is 59.3 Å². The van der Waals surface area contributed by atoms with Crippen LogP contribution in [0.15, 0.2) is 34.6 Å². The smallest absolute Gasteiger partial charge is 0.303 e. The number of nitrogens with zero attached hydrogens (tertiary/aromatic N) is 4. The number of fused-ring (bicyclic) bond motifs is 2. The first kappa shape index (κ1) is 43.9. The van der Waals surface area contributed by atoms with E-state index in [-0.39, 0.29) is 13.2 Å². The average Bonchev–Trinajstić information content (AvgIpc) is 3.69. The van der Waals surface area contributed by atoms with Gasteiger partial charge in [-0.05, 0) is 17.5 Å². The minimum atomic E-state index is -1.27. The Morgan fingerprint density at radius 3 is 1.78 bits per heavy atom. The van der Waals surface area contributed by atoms with Crippen molar-refractivity contribution < 1.29 is 70.8 Å². The summed E-state index contributed by atoms with van der Waals surface area (Å²) < 4.78 is 52.7. The first-order valence-corrected chi connectivity index (χ1v) is 18.9. The number of benzene rings is 1. The highest BCUT2D eigenvalue weighted by molar-refractivity contribution is 5.68. The van der Waals surface area contributed by atoms with E-state index < -0.39 is 54.6 Å². The van der Waals surface area contributed by atoms with Crippen LogP contribution in [-0.2, 0) is 74.7 Å². The van der Waals surface area contributed by atoms with Gasteiger partial charge in [-0.1, -0.05) is 29.5 Å². The van der Waals surface area contributed by atoms with Crippen LogP contribution in [0.25, 0.3) is 0 Å². The van der Waals surface area contributed by atoms with Gasteiger partial charge in [-0.15, -0.1) is 0 Å². The van der Waals surface area contributed by atoms with Gasteiger partial charge in [-0.3, -0.25) is 28.1 Å². The number of nitrogens with two attached hydrogens (primary N) is 1. The molecule has 5 atom stereocenters. The number of hydrogen-bond acceptors (Lipinski definition) is 15. The minimum absolute atomic E-state index is 0.170. The first-order valence-electron chi connectivity index (χ1n) is 18.9. The molecule has 18 heteroatoms. The lowest BCUT2D eigenvalue weighted by atomic mass is 9.98. The highest BCUT2D eigenvalue weighted by atomic mass is 16.7. The summed E-state index contributed by atoms with van der Waals surface area (Å²) >= 11 is 0. The van der Waals surface area contributed by atoms with E-state index in [9.17, 15) is 19.2 Å². The fraction of sp³-hybridized carbons (Fsp3) is 0.730. The molecule has 0 radical (unpaired) electrons. The monoisotopic (exact) mass is 781 g/mol. The molecule has 1 aromatic rings. The second kappa shape index (κ2) is 22.1. The summed E-state index contributed by atoms with van der Waals surface area (Å²) in [6, 6.07) is 8.44. The van der Waals surface area contributed by atoms with Crippen LogP contribution in [0.4, 0.5) is 0 Å². The van der Waals surface area contributed by atoms with Crippen molar-refractivity contribution in [3.8, 4) is 0 Å². The number of esters is 4. The van der Waals surface area contributed by atoms with Crippen LogP contribution in [0.1, 0.15) is 38.8 Å². The van der Waals surface area contributed by atoms with E-state index in [1.165, 1.54) is 59.4 Å². The Bertz CT molecular complexity index is 1410. The Hall–Kier alpha value is -3.78. The normalized spacial score (nSPS) is 27.2. The number of carbonyl (C=O) groups excluding carboxylic acids is 4. The number of ether oxygens (including phenoxy) is 9. The Morgan fingerprint density at radius 1 is 0.673 bits per heavy atom. The van der Waals surface area contributed by atoms with E-state index in [2.05, 4.69) is 34.6 Å². The Labute approximate surface area is 322 Å². The molecule has 4 rings (SSSR count). The lowest BCUT2D eigenvalue weighted by molar-refractivity contribution is -0.987. The van der Waals surface area contributed by atoms with Crippen LogP contribution in [0.5, 0.6) is 0 Å². The molecule has 1 aromatic carbocycles. The average molecular weight is 782 g/mol. The Balaban J connectivity index is 1.21. The third kappa shape index (κ3) is 14.3. The zero-order chi connectivity index (χ0) is 39.7. The van der Waals surface area contributed by atoms with E-state index in [0.717, 1.165) is 47.3 Å². The summed E-state index contributed by atoms with van der Waals surface area (Å²) in [4.78, 5) is 47.7. The SMILES string of the molecule is CC(=O)OC[C@H]1O[C@@H](OCCc2ccc(CC[N+]34CC[N+](CCOCCOCCOCCN=NN)(CC3)C4)cc2)[C@H](OC(C)=O)[C@@H](OC(C)=O)[C@@H]1OC(C)=O. The third-order valence-corrected chi connectivity index (χ3v) is 10.1. The summed E-state index contributed by atoms with van der Waals surface area (Å²) in [5.41, 5.74) is 2.30. The van der Waals surface area contributed by atoms with E-state index in [1.54, 1.807) is 0 Å². The third-order valence-electron chi connectivity index (χ3n) is 10.1. The summed E-state index contributed by atoms with van der Waals surface area (Å²) in [6.45, 7) is 16.4. The molecule has 0 saturated carbocycles. The van der Waals surface area contributed by atoms with Crippen molar-refractivity contribution in [2.75, 3.05) is 105 Å². The van der Waals surface area contributed by atoms with Crippen molar-refractivity contribution in [3.05, 3.63) is 35.4 Å². The van der Waals surface area contributed by atoms with Crippen molar-refractivity contribution >= 4 is 23.9 Å². The van der Waals surface area contributed by atoms with Gasteiger partial charge in [-0.2, -0.15) is 5.11 Å². The van der Waals surface area contributed by atoms with Crippen molar-refractivity contribution in [1.82, 2.24) is 0 Å². The number of carbonyl (C=O) groups is 4. The molecule has 3 heterocycles. The Morgan fingerprint density at radius 2 is 1.20 bits per heavy atom. The predicted octanol–water partition coefficient (Wildman–Crippen LogP) is 0.865. The van der Waals surface area contributed by atoms with E-state index in [1.807, 2.05) is 0 Å². The molecule has 0 aliphatic carbocycles. The molecule has 3 saturated heterocycles. The number of hydrogen-bond donors (Lipinski definition) is 1. The molecule has 0 unspecified atom stereocenters. The molecular formula is C37H59N5O13+2. The maximum absolute atomic E-state index is 12.1. The second-order valence-corrected chi connectivity index (χ2v) is 14.2. The molecule has 0 amide bonds. The molecule has 0 aromatic heterocycles. The summed E-state index contributed by atoms with van der Waals surface area (Å²) in [7, 11) is 0. The second-order valence-electron chi connectivity index (χ2n) is 14.2. The van der Waals surface area contributed by atoms with Gasteiger partial charge < -0.3 is 48.5 Å². The number of piperazine rings is 1. The van der Waals surface area contributed by atoms with E-state index >= 15 is 0 Å². The fourth-order valence-electron chi connectivity index (χ4n) is 7.40. The first-order chi connectivity index (χ1) is 26.4. The van der Waals surface area contributed by atoms with E-state index in [4.69, 9.17) is 48.5 Å². The summed E-state index contributed by atoms with van der Waals surface area (Å²) in [5.74, 6) is 2.29. The fourth-order valence-corrected chi connectivity index (χ4v) is 7.40. The Kier molecular flexibility index (Phi) is 17.6. The van der Waals surface area contributed by atoms with E-state index in [0.29, 0.717) is 46.0 Å². The zero-order valence-corrected chi connectivity index (χ0v) is 32.6. The van der Waals surface area contributed by atoms with Gasteiger partial charge in [0, 0.05) is 34.1 Å². The largest absolute Gasteiger partial charge is 0.463 e. The van der Waals surface area contributed by atoms with Crippen LogP contribution in [0.3, 0.4) is 0 Å². The van der Waals surface area contributed by atoms with Gasteiger partial charge in [-0.25, -0.2) is 0 Å². The molecule has 3 aliphatic rings. The molecule has 308 valence electrons. The van der Waals surface area contributed by atoms with Crippen molar-refractivity contribution in [1.29, 1.82) is 0 Å². The van der Waals surface area contributed by atoms with Crippen LogP contribution in [0.2, 0.25) is 0 Å². The lowest BCUT2D eigenvalue weighted by Crippen LogP contribution is -2.63. The highest BCUT2D eigenvalue weighted by Crippen LogP contribution is 2.32. The van der Waals surface area contributed by atoms with Gasteiger partial charge in [0.1, 0.15) is 45.4 Å². The maximum Gasteiger partial charge on any atom is 0.303 e. The molecule has 2 N–H and O–H groups in total. The van der Waals surface area contributed by atoms with Crippen molar-refractivity contribution in [2.24, 2.45) is 16.2 Å². The molecule has 2 bridgehead atoms. The molecule has 18 nitrogen and oxygen atoms in total. The summed E-state index contributed by atoms with van der Waals surface area (Å²) in [5, 5.41) is 6.82. The highest BCUT2D eigenvalue weighted by Gasteiger charge is 2.55. The van der Waals surface area contributed by atoms with Crippen LogP contribution >= 0.6 is 0 Å². The minimum Gasteiger partial charge on any atom is -0.463 e. The summed E-state index contributed by atoms with van der Waals surface area (Å²) in [6.07, 6.45) is -4.52. The number of rotatable bonds is 24. The molecular weight excluding hydrogens is 722 g/mol. The van der Waals surface area contributed by atoms with Crippen LogP contribution in [0, 0.1) is 0 Å². The topological polar surface area (TPSA) is 202 Å². The quantitative estimate of drug-likeness (QED) is 0.0294. The van der Waals surface area contributed by atoms with Crippen molar-refractivity contribution in [3.63, 3.8) is 0 Å². The van der Waals surface area contributed by atoms with Gasteiger partial charge >= 0.3 is 23.9 Å². The molecule has 0 spiro atoms. The number of quaternary nitrogens is 2. The molecule has 55 heavy (non-hydrogen) atoms. The van der Waals surface area contributed by atoms with Gasteiger partial charge in [0.2, 0.25) is 6.67 Å². The molecule has 3 fully saturated rings. The standard InChI is InChI=1S/C37H59N5O13/c1-27(43)51-25-33-34(52-28(2)44)35(53-29(3)45)36(54-30(4)46)37(55-33)50-18-10-32-7-5-31(6-8-32)9-12-41-13-15-42(26-41,16-14-41)17-20-48-22-24-49-23-21-47-19-11-39-40-38/h5-8,33-37H,9-26H2,1-4H3,(H2,38,39)/q+2/t33-,34-,35+,36-,37-,41?,42?/m1/s1. The lowest BCUT2D eigenvalue weighted by Gasteiger charge is -2.44. The maximum atomic E-state index is 12.1. The van der Waals surface area contributed by atoms with Crippen LogP contribution in [-0.4, -0.2) is 169 Å². The van der Waals surface area contributed by atoms with Gasteiger partial charge in [0.15, 0.2) is 24.6 Å². The van der Waals surface area contributed by atoms with Crippen LogP contribution < -0.4 is 5.84 Å². The van der Waals surface area contributed by atoms with Gasteiger partial charge in [0.25, 0.3) is 0 Å². The molecule has 3 aliphatic heterocycles. The predicted molar refractivity (Wildman–Crippen MR) is 193 cm³/mol. The van der Waals surface area contributed by atoms with Crippen molar-refractivity contribution in [2.45, 2.75) is 71.2 Å². The zero-order valence-electron chi connectivity index (χ0n) is 32.6.